The van der Waals surface area contributed by atoms with Crippen LogP contribution < -0.4 is 11.1 Å². The standard InChI is InChI=1S/C24H23BrClN3O3.C6H16OSi/c1-23(7-8-23)21-24(16-6-5-14(25)10-18(16)28-22(24)32)17(13-3-2-4-15(26)9-13)11-20(31)29(21)12-19(27)30;1-6(7-2)8(3,4)5/h2-6,9-10,17,21H,7-8,11-12H2,1H3,(H2,27,30)(H,28,32);6H,1-5H3. The van der Waals surface area contributed by atoms with Crippen molar-refractivity contribution in [2.24, 2.45) is 11.1 Å². The van der Waals surface area contributed by atoms with Gasteiger partial charge in [0.15, 0.2) is 0 Å². The molecule has 3 aliphatic rings. The largest absolute Gasteiger partial charge is 0.385 e. The Bertz CT molecular complexity index is 1330. The van der Waals surface area contributed by atoms with Gasteiger partial charge in [0.1, 0.15) is 5.41 Å². The number of halogens is 2. The minimum atomic E-state index is -1.06. The highest BCUT2D eigenvalue weighted by Gasteiger charge is 2.69. The van der Waals surface area contributed by atoms with E-state index in [1.165, 1.54) is 0 Å². The minimum Gasteiger partial charge on any atom is -0.385 e. The average Bonchev–Trinajstić information content (AvgIpc) is 3.55. The second kappa shape index (κ2) is 11.2. The number of carbonyl (C=O) groups is 3. The van der Waals surface area contributed by atoms with Gasteiger partial charge in [-0.15, -0.1) is 0 Å². The van der Waals surface area contributed by atoms with Gasteiger partial charge in [-0.05, 0) is 60.6 Å². The Morgan fingerprint density at radius 2 is 1.90 bits per heavy atom. The Morgan fingerprint density at radius 1 is 1.23 bits per heavy atom. The molecular weight excluding hydrogens is 610 g/mol. The van der Waals surface area contributed by atoms with Gasteiger partial charge < -0.3 is 20.7 Å². The molecule has 7 nitrogen and oxygen atoms in total. The van der Waals surface area contributed by atoms with Gasteiger partial charge in [0, 0.05) is 40.4 Å². The number of anilines is 1. The van der Waals surface area contributed by atoms with Crippen LogP contribution in [-0.4, -0.2) is 56.1 Å². The number of benzene rings is 2. The van der Waals surface area contributed by atoms with Crippen molar-refractivity contribution in [1.29, 1.82) is 0 Å². The number of hydrogen-bond donors (Lipinski definition) is 2. The molecule has 1 spiro atoms. The molecule has 2 heterocycles. The van der Waals surface area contributed by atoms with E-state index in [1.54, 1.807) is 18.1 Å². The summed E-state index contributed by atoms with van der Waals surface area (Å²) in [6, 6.07) is 12.6. The number of nitrogens with two attached hydrogens (primary N) is 1. The zero-order valence-electron chi connectivity index (χ0n) is 24.0. The van der Waals surface area contributed by atoms with Crippen LogP contribution >= 0.6 is 27.5 Å². The van der Waals surface area contributed by atoms with E-state index in [4.69, 9.17) is 22.1 Å². The van der Waals surface area contributed by atoms with Crippen LogP contribution in [0.4, 0.5) is 5.69 Å². The first-order valence-corrected chi connectivity index (χ1v) is 18.4. The van der Waals surface area contributed by atoms with Crippen molar-refractivity contribution in [2.75, 3.05) is 19.0 Å². The van der Waals surface area contributed by atoms with Gasteiger partial charge in [0.25, 0.3) is 0 Å². The van der Waals surface area contributed by atoms with Crippen molar-refractivity contribution in [3.8, 4) is 0 Å². The molecule has 0 bridgehead atoms. The van der Waals surface area contributed by atoms with E-state index in [-0.39, 0.29) is 30.2 Å². The molecule has 0 aromatic heterocycles. The van der Waals surface area contributed by atoms with Crippen LogP contribution in [0.25, 0.3) is 0 Å². The van der Waals surface area contributed by atoms with Crippen molar-refractivity contribution in [2.45, 2.75) is 75.9 Å². The molecule has 216 valence electrons. The Kier molecular flexibility index (Phi) is 8.63. The maximum Gasteiger partial charge on any atom is 0.237 e. The second-order valence-electron chi connectivity index (χ2n) is 12.6. The van der Waals surface area contributed by atoms with Gasteiger partial charge in [-0.1, -0.05) is 72.3 Å². The third-order valence-electron chi connectivity index (χ3n) is 8.89. The number of piperidine rings is 1. The van der Waals surface area contributed by atoms with Crippen molar-refractivity contribution < 1.29 is 19.1 Å². The highest BCUT2D eigenvalue weighted by atomic mass is 79.9. The van der Waals surface area contributed by atoms with E-state index in [2.05, 4.69) is 54.7 Å². The van der Waals surface area contributed by atoms with Gasteiger partial charge in [-0.2, -0.15) is 0 Å². The van der Waals surface area contributed by atoms with Crippen LogP contribution in [0, 0.1) is 5.41 Å². The van der Waals surface area contributed by atoms with Crippen LogP contribution in [0.1, 0.15) is 50.2 Å². The summed E-state index contributed by atoms with van der Waals surface area (Å²) in [4.78, 5) is 41.0. The zero-order valence-corrected chi connectivity index (χ0v) is 27.4. The first kappa shape index (κ1) is 30.7. The molecule has 4 unspecified atom stereocenters. The highest BCUT2D eigenvalue weighted by Crippen LogP contribution is 2.64. The summed E-state index contributed by atoms with van der Waals surface area (Å²) in [7, 11) is 0.798. The normalized spacial score (nSPS) is 25.6. The predicted molar refractivity (Wildman–Crippen MR) is 165 cm³/mol. The summed E-state index contributed by atoms with van der Waals surface area (Å²) in [5, 5.41) is 3.62. The quantitative estimate of drug-likeness (QED) is 0.383. The van der Waals surface area contributed by atoms with E-state index >= 15 is 0 Å². The van der Waals surface area contributed by atoms with Crippen LogP contribution in [-0.2, 0) is 24.5 Å². The molecule has 3 amide bonds. The fourth-order valence-electron chi connectivity index (χ4n) is 6.18. The highest BCUT2D eigenvalue weighted by molar-refractivity contribution is 9.10. The monoisotopic (exact) mass is 647 g/mol. The van der Waals surface area contributed by atoms with E-state index in [1.807, 2.05) is 36.4 Å². The molecular formula is C30H39BrClN3O4Si. The molecule has 1 saturated carbocycles. The van der Waals surface area contributed by atoms with Crippen LogP contribution in [0.2, 0.25) is 24.7 Å². The minimum absolute atomic E-state index is 0.0864. The van der Waals surface area contributed by atoms with Gasteiger partial charge in [-0.3, -0.25) is 14.4 Å². The Balaban J connectivity index is 0.000000406. The maximum absolute atomic E-state index is 14.0. The van der Waals surface area contributed by atoms with Crippen molar-refractivity contribution >= 4 is 59.0 Å². The summed E-state index contributed by atoms with van der Waals surface area (Å²) in [6.07, 6.45) is 1.82. The number of fused-ring (bicyclic) bond motifs is 2. The number of primary amides is 1. The fraction of sp³-hybridized carbons (Fsp3) is 0.500. The van der Waals surface area contributed by atoms with Gasteiger partial charge in [-0.25, -0.2) is 0 Å². The van der Waals surface area contributed by atoms with Gasteiger partial charge >= 0.3 is 0 Å². The molecule has 0 radical (unpaired) electrons. The number of carbonyl (C=O) groups excluding carboxylic acids is 3. The molecule has 2 aromatic rings. The number of likely N-dealkylation sites (tertiary alicyclic amines) is 1. The van der Waals surface area contributed by atoms with E-state index in [9.17, 15) is 14.4 Å². The Hall–Kier alpha value is -2.20. The molecule has 10 heteroatoms. The van der Waals surface area contributed by atoms with Gasteiger partial charge in [0.2, 0.25) is 17.7 Å². The first-order valence-electron chi connectivity index (χ1n) is 13.6. The summed E-state index contributed by atoms with van der Waals surface area (Å²) in [6.45, 7) is 10.9. The number of rotatable bonds is 6. The van der Waals surface area contributed by atoms with Crippen molar-refractivity contribution in [3.63, 3.8) is 0 Å². The number of nitrogens with zero attached hydrogens (tertiary/aromatic N) is 1. The molecule has 40 heavy (non-hydrogen) atoms. The number of hydrogen-bond acceptors (Lipinski definition) is 4. The summed E-state index contributed by atoms with van der Waals surface area (Å²) >= 11 is 9.82. The lowest BCUT2D eigenvalue weighted by molar-refractivity contribution is -0.151. The molecule has 2 aromatic carbocycles. The lowest BCUT2D eigenvalue weighted by Crippen LogP contribution is -2.67. The number of methoxy groups -OCH3 is 1. The average molecular weight is 649 g/mol. The number of ether oxygens (including phenoxy) is 1. The van der Waals surface area contributed by atoms with Crippen LogP contribution in [0.5, 0.6) is 0 Å². The summed E-state index contributed by atoms with van der Waals surface area (Å²) < 4.78 is 6.03. The molecule has 4 atom stereocenters. The predicted octanol–water partition coefficient (Wildman–Crippen LogP) is 5.86. The number of amides is 3. The Labute approximate surface area is 251 Å². The number of nitrogens with one attached hydrogen (secondary N) is 1. The smallest absolute Gasteiger partial charge is 0.237 e. The van der Waals surface area contributed by atoms with E-state index in [0.29, 0.717) is 10.7 Å². The topological polar surface area (TPSA) is 102 Å². The molecule has 3 N–H and O–H groups in total. The fourth-order valence-corrected chi connectivity index (χ4v) is 7.45. The first-order chi connectivity index (χ1) is 18.6. The molecule has 2 aliphatic heterocycles. The summed E-state index contributed by atoms with van der Waals surface area (Å²) in [5.74, 6) is -1.34. The van der Waals surface area contributed by atoms with E-state index in [0.717, 1.165) is 34.1 Å². The van der Waals surface area contributed by atoms with Crippen molar-refractivity contribution in [1.82, 2.24) is 4.90 Å². The molecule has 2 fully saturated rings. The maximum atomic E-state index is 14.0. The lowest BCUT2D eigenvalue weighted by Gasteiger charge is -2.53. The van der Waals surface area contributed by atoms with E-state index < -0.39 is 31.4 Å². The van der Waals surface area contributed by atoms with Gasteiger partial charge in [0.05, 0.1) is 20.7 Å². The molecule has 1 saturated heterocycles. The SMILES string of the molecule is CC1(C2N(CC(N)=O)C(=O)CC(c3cccc(Cl)c3)C23C(=O)Nc2cc(Br)ccc23)CC1.COC(C)[Si](C)(C)C. The van der Waals surface area contributed by atoms with Crippen molar-refractivity contribution in [3.05, 3.63) is 63.1 Å². The van der Waals surface area contributed by atoms with Crippen LogP contribution in [0.15, 0.2) is 46.9 Å². The third-order valence-corrected chi connectivity index (χ3v) is 12.3. The Morgan fingerprint density at radius 3 is 2.42 bits per heavy atom. The second-order valence-corrected chi connectivity index (χ2v) is 19.5. The van der Waals surface area contributed by atoms with Crippen LogP contribution in [0.3, 0.4) is 0 Å². The lowest BCUT2D eigenvalue weighted by atomic mass is 9.56. The zero-order chi connectivity index (χ0) is 29.6. The third kappa shape index (κ3) is 5.62. The molecule has 1 aliphatic carbocycles. The summed E-state index contributed by atoms with van der Waals surface area (Å²) in [5.41, 5.74) is 7.09. The molecule has 5 rings (SSSR count).